The van der Waals surface area contributed by atoms with Crippen LogP contribution >= 0.6 is 0 Å². The van der Waals surface area contributed by atoms with Crippen molar-refractivity contribution in [3.8, 4) is 0 Å². The van der Waals surface area contributed by atoms with Crippen LogP contribution in [0.1, 0.15) is 44.9 Å². The number of carboxylic acids is 1. The molecule has 1 saturated heterocycles. The van der Waals surface area contributed by atoms with E-state index >= 15 is 0 Å². The van der Waals surface area contributed by atoms with E-state index in [4.69, 9.17) is 5.11 Å². The van der Waals surface area contributed by atoms with Crippen LogP contribution in [-0.2, 0) is 4.79 Å². The minimum atomic E-state index is -0.734. The number of nitrogens with zero attached hydrogens (tertiary/aromatic N) is 2. The normalized spacial score (nSPS) is 19.2. The first kappa shape index (κ1) is 17.8. The number of aliphatic carboxylic acids is 1. The maximum absolute atomic E-state index is 12.0. The summed E-state index contributed by atoms with van der Waals surface area (Å²) in [5.74, 6) is -0.734. The van der Waals surface area contributed by atoms with Crippen molar-refractivity contribution in [2.24, 2.45) is 0 Å². The molecule has 6 nitrogen and oxygen atoms in total. The number of nitrogens with one attached hydrogen (secondary N) is 1. The van der Waals surface area contributed by atoms with E-state index in [1.165, 1.54) is 0 Å². The molecule has 2 N–H and O–H groups in total. The number of hydrogen-bond donors (Lipinski definition) is 2. The number of amides is 2. The first-order valence-corrected chi connectivity index (χ1v) is 7.91. The van der Waals surface area contributed by atoms with Gasteiger partial charge in [-0.15, -0.1) is 0 Å². The molecule has 0 aliphatic carbocycles. The highest BCUT2D eigenvalue weighted by Crippen LogP contribution is 2.13. The summed E-state index contributed by atoms with van der Waals surface area (Å²) in [5, 5.41) is 11.5. The average Bonchev–Trinajstić information content (AvgIpc) is 2.45. The van der Waals surface area contributed by atoms with Crippen molar-refractivity contribution in [2.45, 2.75) is 51.0 Å². The van der Waals surface area contributed by atoms with Crippen LogP contribution in [0.2, 0.25) is 0 Å². The maximum Gasteiger partial charge on any atom is 0.317 e. The van der Waals surface area contributed by atoms with Crippen LogP contribution in [0.3, 0.4) is 0 Å². The molecule has 0 aromatic carbocycles. The molecule has 0 spiro atoms. The Labute approximate surface area is 127 Å². The largest absolute Gasteiger partial charge is 0.481 e. The molecule has 21 heavy (non-hydrogen) atoms. The fourth-order valence-corrected chi connectivity index (χ4v) is 2.70. The van der Waals surface area contributed by atoms with Gasteiger partial charge >= 0.3 is 12.0 Å². The molecular formula is C15H29N3O3. The molecule has 1 fully saturated rings. The van der Waals surface area contributed by atoms with Crippen molar-refractivity contribution in [2.75, 3.05) is 33.7 Å². The second-order valence-electron chi connectivity index (χ2n) is 5.96. The second kappa shape index (κ2) is 9.60. The van der Waals surface area contributed by atoms with Crippen LogP contribution < -0.4 is 5.32 Å². The molecule has 0 aromatic rings. The van der Waals surface area contributed by atoms with Gasteiger partial charge < -0.3 is 20.2 Å². The molecule has 0 bridgehead atoms. The molecule has 0 aromatic heterocycles. The molecule has 6 heteroatoms. The van der Waals surface area contributed by atoms with Gasteiger partial charge in [0.05, 0.1) is 0 Å². The van der Waals surface area contributed by atoms with E-state index in [9.17, 15) is 9.59 Å². The van der Waals surface area contributed by atoms with Gasteiger partial charge in [0.1, 0.15) is 0 Å². The minimum absolute atomic E-state index is 0.000774. The summed E-state index contributed by atoms with van der Waals surface area (Å²) in [6.07, 6.45) is 5.95. The van der Waals surface area contributed by atoms with Gasteiger partial charge in [0.2, 0.25) is 0 Å². The van der Waals surface area contributed by atoms with E-state index in [0.29, 0.717) is 12.6 Å². The average molecular weight is 299 g/mol. The van der Waals surface area contributed by atoms with Gasteiger partial charge in [-0.05, 0) is 39.3 Å². The van der Waals surface area contributed by atoms with Gasteiger partial charge in [0.15, 0.2) is 0 Å². The Morgan fingerprint density at radius 3 is 2.67 bits per heavy atom. The summed E-state index contributed by atoms with van der Waals surface area (Å²) in [5.41, 5.74) is 0. The fraction of sp³-hybridized carbons (Fsp3) is 0.867. The van der Waals surface area contributed by atoms with E-state index in [1.54, 1.807) is 0 Å². The van der Waals surface area contributed by atoms with Crippen molar-refractivity contribution in [3.63, 3.8) is 0 Å². The van der Waals surface area contributed by atoms with Crippen molar-refractivity contribution in [1.29, 1.82) is 0 Å². The first-order valence-electron chi connectivity index (χ1n) is 7.91. The van der Waals surface area contributed by atoms with Crippen molar-refractivity contribution in [1.82, 2.24) is 15.1 Å². The minimum Gasteiger partial charge on any atom is -0.481 e. The summed E-state index contributed by atoms with van der Waals surface area (Å²) in [7, 11) is 3.96. The van der Waals surface area contributed by atoms with Gasteiger partial charge in [-0.1, -0.05) is 12.8 Å². The van der Waals surface area contributed by atoms with Gasteiger partial charge in [0, 0.05) is 32.6 Å². The number of piperidine rings is 1. The molecule has 0 saturated carbocycles. The smallest absolute Gasteiger partial charge is 0.317 e. The summed E-state index contributed by atoms with van der Waals surface area (Å²) >= 11 is 0. The van der Waals surface area contributed by atoms with Crippen LogP contribution in [0.4, 0.5) is 4.79 Å². The molecule has 1 heterocycles. The zero-order valence-electron chi connectivity index (χ0n) is 13.3. The van der Waals surface area contributed by atoms with Crippen molar-refractivity contribution in [3.05, 3.63) is 0 Å². The maximum atomic E-state index is 12.0. The summed E-state index contributed by atoms with van der Waals surface area (Å²) in [6, 6.07) is 0.306. The standard InChI is InChI=1S/C15H29N3O3/c1-17-11-7-8-13(12-17)18(2)15(21)16-10-6-4-3-5-9-14(19)20/h13H,3-12H2,1-2H3,(H,16,21)(H,19,20). The highest BCUT2D eigenvalue weighted by molar-refractivity contribution is 5.74. The predicted octanol–water partition coefficient (Wildman–Crippen LogP) is 1.76. The molecule has 1 unspecified atom stereocenters. The number of carbonyl (C=O) groups excluding carboxylic acids is 1. The van der Waals surface area contributed by atoms with Crippen molar-refractivity contribution < 1.29 is 14.7 Å². The molecule has 1 aliphatic heterocycles. The summed E-state index contributed by atoms with van der Waals surface area (Å²) in [4.78, 5) is 26.5. The molecule has 122 valence electrons. The topological polar surface area (TPSA) is 72.9 Å². The number of hydrogen-bond acceptors (Lipinski definition) is 3. The Balaban J connectivity index is 2.08. The van der Waals surface area contributed by atoms with Crippen LogP contribution in [0.15, 0.2) is 0 Å². The lowest BCUT2D eigenvalue weighted by molar-refractivity contribution is -0.137. The number of carbonyl (C=O) groups is 2. The van der Waals surface area contributed by atoms with Crippen LogP contribution in [0.25, 0.3) is 0 Å². The highest BCUT2D eigenvalue weighted by Gasteiger charge is 2.23. The summed E-state index contributed by atoms with van der Waals surface area (Å²) in [6.45, 7) is 2.72. The Morgan fingerprint density at radius 1 is 1.29 bits per heavy atom. The Bertz CT molecular complexity index is 336. The lowest BCUT2D eigenvalue weighted by Gasteiger charge is -2.35. The van der Waals surface area contributed by atoms with E-state index in [-0.39, 0.29) is 12.5 Å². The third-order valence-corrected chi connectivity index (χ3v) is 4.06. The number of unbranched alkanes of at least 4 members (excludes halogenated alkanes) is 3. The molecule has 1 atom stereocenters. The van der Waals surface area contributed by atoms with Crippen LogP contribution in [-0.4, -0.2) is 66.7 Å². The third-order valence-electron chi connectivity index (χ3n) is 4.06. The van der Waals surface area contributed by atoms with Crippen molar-refractivity contribution >= 4 is 12.0 Å². The highest BCUT2D eigenvalue weighted by atomic mass is 16.4. The quantitative estimate of drug-likeness (QED) is 0.670. The van der Waals surface area contributed by atoms with Gasteiger partial charge in [0.25, 0.3) is 0 Å². The molecule has 2 amide bonds. The van der Waals surface area contributed by atoms with Gasteiger partial charge in [-0.3, -0.25) is 4.79 Å². The third kappa shape index (κ3) is 7.32. The van der Waals surface area contributed by atoms with E-state index in [2.05, 4.69) is 17.3 Å². The predicted molar refractivity (Wildman–Crippen MR) is 82.4 cm³/mol. The summed E-state index contributed by atoms with van der Waals surface area (Å²) < 4.78 is 0. The lowest BCUT2D eigenvalue weighted by atomic mass is 10.1. The van der Waals surface area contributed by atoms with E-state index in [1.807, 2.05) is 11.9 Å². The number of likely N-dealkylation sites (N-methyl/N-ethyl adjacent to an activating group) is 2. The number of carboxylic acid groups (broad SMARTS) is 1. The number of rotatable bonds is 8. The molecule has 1 aliphatic rings. The monoisotopic (exact) mass is 299 g/mol. The fourth-order valence-electron chi connectivity index (χ4n) is 2.70. The Kier molecular flexibility index (Phi) is 8.12. The second-order valence-corrected chi connectivity index (χ2v) is 5.96. The molecular weight excluding hydrogens is 270 g/mol. The SMILES string of the molecule is CN1CCCC(N(C)C(=O)NCCCCCCC(=O)O)C1. The number of likely N-dealkylation sites (tertiary alicyclic amines) is 1. The molecule has 0 radical (unpaired) electrons. The number of urea groups is 1. The van der Waals surface area contributed by atoms with Crippen LogP contribution in [0.5, 0.6) is 0 Å². The van der Waals surface area contributed by atoms with E-state index < -0.39 is 5.97 Å². The van der Waals surface area contributed by atoms with Crippen LogP contribution in [0, 0.1) is 0 Å². The lowest BCUT2D eigenvalue weighted by Crippen LogP contribution is -2.50. The van der Waals surface area contributed by atoms with E-state index in [0.717, 1.165) is 51.6 Å². The zero-order valence-corrected chi connectivity index (χ0v) is 13.3. The first-order chi connectivity index (χ1) is 10.0. The molecule has 1 rings (SSSR count). The van der Waals surface area contributed by atoms with Gasteiger partial charge in [-0.2, -0.15) is 0 Å². The Hall–Kier alpha value is -1.30. The van der Waals surface area contributed by atoms with Gasteiger partial charge in [-0.25, -0.2) is 4.79 Å². The zero-order chi connectivity index (χ0) is 15.7. The Morgan fingerprint density at radius 2 is 2.00 bits per heavy atom.